The van der Waals surface area contributed by atoms with Crippen LogP contribution >= 0.6 is 15.9 Å². The van der Waals surface area contributed by atoms with Gasteiger partial charge in [0.1, 0.15) is 0 Å². The van der Waals surface area contributed by atoms with Gasteiger partial charge in [0, 0.05) is 17.8 Å². The van der Waals surface area contributed by atoms with Crippen LogP contribution in [0.3, 0.4) is 0 Å². The Morgan fingerprint density at radius 1 is 1.53 bits per heavy atom. The fourth-order valence-electron chi connectivity index (χ4n) is 2.51. The second kappa shape index (κ2) is 4.16. The molecule has 0 bridgehead atoms. The van der Waals surface area contributed by atoms with Gasteiger partial charge in [0.2, 0.25) is 0 Å². The van der Waals surface area contributed by atoms with Crippen molar-refractivity contribution in [3.8, 4) is 5.75 Å². The zero-order valence-electron chi connectivity index (χ0n) is 9.40. The van der Waals surface area contributed by atoms with Gasteiger partial charge in [0.25, 0.3) is 0 Å². The van der Waals surface area contributed by atoms with E-state index in [4.69, 9.17) is 4.74 Å². The van der Waals surface area contributed by atoms with Gasteiger partial charge in [0.05, 0.1) is 19.0 Å². The molecule has 0 N–H and O–H groups in total. The van der Waals surface area contributed by atoms with Crippen LogP contribution in [0.5, 0.6) is 5.75 Å². The summed E-state index contributed by atoms with van der Waals surface area (Å²) in [7, 11) is 3.71. The molecule has 1 aliphatic rings. The van der Waals surface area contributed by atoms with E-state index in [1.165, 1.54) is 18.5 Å². The van der Waals surface area contributed by atoms with E-state index >= 15 is 0 Å². The second-order valence-electron chi connectivity index (χ2n) is 4.28. The number of aromatic nitrogens is 2. The molecular formula is C11H17BrN2O. The minimum absolute atomic E-state index is 0.567. The SMILES string of the molecule is COc1cnn(C)c1C1CCC(Br)C1C. The number of halogens is 1. The molecule has 0 saturated heterocycles. The van der Waals surface area contributed by atoms with E-state index in [-0.39, 0.29) is 0 Å². The lowest BCUT2D eigenvalue weighted by Gasteiger charge is -2.18. The van der Waals surface area contributed by atoms with Crippen LogP contribution in [-0.2, 0) is 7.05 Å². The van der Waals surface area contributed by atoms with Crippen molar-refractivity contribution in [2.24, 2.45) is 13.0 Å². The van der Waals surface area contributed by atoms with Crippen molar-refractivity contribution in [2.45, 2.75) is 30.5 Å². The molecule has 4 heteroatoms. The summed E-state index contributed by atoms with van der Waals surface area (Å²) in [4.78, 5) is 0.627. The van der Waals surface area contributed by atoms with Crippen LogP contribution in [0.4, 0.5) is 0 Å². The van der Waals surface area contributed by atoms with Crippen molar-refractivity contribution in [1.29, 1.82) is 0 Å². The van der Waals surface area contributed by atoms with E-state index in [2.05, 4.69) is 28.0 Å². The van der Waals surface area contributed by atoms with Crippen molar-refractivity contribution < 1.29 is 4.74 Å². The Labute approximate surface area is 98.9 Å². The predicted molar refractivity (Wildman–Crippen MR) is 63.6 cm³/mol. The highest BCUT2D eigenvalue weighted by atomic mass is 79.9. The minimum Gasteiger partial charge on any atom is -0.493 e. The summed E-state index contributed by atoms with van der Waals surface area (Å²) in [5, 5.41) is 4.27. The fraction of sp³-hybridized carbons (Fsp3) is 0.727. The maximum absolute atomic E-state index is 5.36. The van der Waals surface area contributed by atoms with E-state index in [1.54, 1.807) is 7.11 Å². The number of nitrogens with zero attached hydrogens (tertiary/aromatic N) is 2. The minimum atomic E-state index is 0.567. The van der Waals surface area contributed by atoms with Crippen LogP contribution in [-0.4, -0.2) is 21.7 Å². The molecule has 1 saturated carbocycles. The topological polar surface area (TPSA) is 27.1 Å². The highest BCUT2D eigenvalue weighted by molar-refractivity contribution is 9.09. The molecule has 1 aromatic heterocycles. The molecule has 1 fully saturated rings. The molecule has 15 heavy (non-hydrogen) atoms. The van der Waals surface area contributed by atoms with Crippen LogP contribution in [0.25, 0.3) is 0 Å². The normalized spacial score (nSPS) is 30.8. The number of hydrogen-bond donors (Lipinski definition) is 0. The molecule has 0 aromatic carbocycles. The van der Waals surface area contributed by atoms with E-state index in [9.17, 15) is 0 Å². The van der Waals surface area contributed by atoms with Crippen molar-refractivity contribution in [3.63, 3.8) is 0 Å². The van der Waals surface area contributed by atoms with Crippen molar-refractivity contribution in [2.75, 3.05) is 7.11 Å². The average Bonchev–Trinajstić information content (AvgIpc) is 2.73. The average molecular weight is 273 g/mol. The van der Waals surface area contributed by atoms with Gasteiger partial charge in [0.15, 0.2) is 5.75 Å². The Bertz CT molecular complexity index is 350. The van der Waals surface area contributed by atoms with Gasteiger partial charge in [-0.2, -0.15) is 5.10 Å². The summed E-state index contributed by atoms with van der Waals surface area (Å²) in [6.45, 7) is 2.30. The molecule has 0 amide bonds. The van der Waals surface area contributed by atoms with Gasteiger partial charge in [-0.1, -0.05) is 22.9 Å². The molecule has 84 valence electrons. The van der Waals surface area contributed by atoms with Gasteiger partial charge in [-0.25, -0.2) is 0 Å². The molecule has 3 nitrogen and oxygen atoms in total. The Hall–Kier alpha value is -0.510. The predicted octanol–water partition coefficient (Wildman–Crippen LogP) is 2.71. The third-order valence-corrected chi connectivity index (χ3v) is 4.77. The number of methoxy groups -OCH3 is 1. The van der Waals surface area contributed by atoms with Gasteiger partial charge < -0.3 is 4.74 Å². The summed E-state index contributed by atoms with van der Waals surface area (Å²) in [6, 6.07) is 0. The number of ether oxygens (including phenoxy) is 1. The molecular weight excluding hydrogens is 256 g/mol. The lowest BCUT2D eigenvalue weighted by Crippen LogP contribution is -2.13. The van der Waals surface area contributed by atoms with Crippen LogP contribution in [0.1, 0.15) is 31.4 Å². The Balaban J connectivity index is 2.32. The van der Waals surface area contributed by atoms with Crippen molar-refractivity contribution in [1.82, 2.24) is 9.78 Å². The molecule has 0 spiro atoms. The maximum Gasteiger partial charge on any atom is 0.160 e. The van der Waals surface area contributed by atoms with E-state index < -0.39 is 0 Å². The summed E-state index contributed by atoms with van der Waals surface area (Å²) < 4.78 is 7.31. The van der Waals surface area contributed by atoms with E-state index in [0.29, 0.717) is 16.7 Å². The second-order valence-corrected chi connectivity index (χ2v) is 5.46. The van der Waals surface area contributed by atoms with Crippen LogP contribution in [0, 0.1) is 5.92 Å². The number of aryl methyl sites for hydroxylation is 1. The van der Waals surface area contributed by atoms with Gasteiger partial charge in [-0.15, -0.1) is 0 Å². The standard InChI is InChI=1S/C11H17BrN2O/c1-7-8(4-5-9(7)12)11-10(15-3)6-13-14(11)2/h6-9H,4-5H2,1-3H3. The first-order valence-corrected chi connectivity index (χ1v) is 6.26. The number of alkyl halides is 1. The molecule has 3 atom stereocenters. The van der Waals surface area contributed by atoms with Crippen LogP contribution in [0.15, 0.2) is 6.20 Å². The Morgan fingerprint density at radius 2 is 2.27 bits per heavy atom. The number of rotatable bonds is 2. The molecule has 2 rings (SSSR count). The molecule has 3 unspecified atom stereocenters. The fourth-order valence-corrected chi connectivity index (χ4v) is 3.14. The van der Waals surface area contributed by atoms with Crippen molar-refractivity contribution >= 4 is 15.9 Å². The van der Waals surface area contributed by atoms with Gasteiger partial charge in [-0.05, 0) is 18.8 Å². The zero-order chi connectivity index (χ0) is 11.0. The van der Waals surface area contributed by atoms with Crippen LogP contribution in [0.2, 0.25) is 0 Å². The quantitative estimate of drug-likeness (QED) is 0.775. The smallest absolute Gasteiger partial charge is 0.160 e. The number of hydrogen-bond acceptors (Lipinski definition) is 2. The first-order valence-electron chi connectivity index (χ1n) is 5.35. The largest absolute Gasteiger partial charge is 0.493 e. The summed E-state index contributed by atoms with van der Waals surface area (Å²) >= 11 is 3.73. The molecule has 1 aliphatic carbocycles. The summed E-state index contributed by atoms with van der Waals surface area (Å²) in [5.74, 6) is 2.14. The van der Waals surface area contributed by atoms with Gasteiger partial charge in [-0.3, -0.25) is 4.68 Å². The highest BCUT2D eigenvalue weighted by Crippen LogP contribution is 2.45. The molecule has 0 radical (unpaired) electrons. The van der Waals surface area contributed by atoms with E-state index in [1.807, 2.05) is 17.9 Å². The molecule has 1 aromatic rings. The lowest BCUT2D eigenvalue weighted by molar-refractivity contribution is 0.394. The molecule has 1 heterocycles. The summed E-state index contributed by atoms with van der Waals surface area (Å²) in [5.41, 5.74) is 1.24. The third kappa shape index (κ3) is 1.80. The first kappa shape index (κ1) is 11.0. The highest BCUT2D eigenvalue weighted by Gasteiger charge is 2.35. The maximum atomic E-state index is 5.36. The lowest BCUT2D eigenvalue weighted by atomic mass is 9.94. The zero-order valence-corrected chi connectivity index (χ0v) is 11.0. The third-order valence-electron chi connectivity index (χ3n) is 3.48. The van der Waals surface area contributed by atoms with Crippen LogP contribution < -0.4 is 4.74 Å². The monoisotopic (exact) mass is 272 g/mol. The van der Waals surface area contributed by atoms with Gasteiger partial charge >= 0.3 is 0 Å². The molecule has 0 aliphatic heterocycles. The van der Waals surface area contributed by atoms with E-state index in [0.717, 1.165) is 5.75 Å². The van der Waals surface area contributed by atoms with Crippen molar-refractivity contribution in [3.05, 3.63) is 11.9 Å². The Morgan fingerprint density at radius 3 is 2.80 bits per heavy atom. The first-order chi connectivity index (χ1) is 7.15. The Kier molecular flexibility index (Phi) is 3.05. The summed E-state index contributed by atoms with van der Waals surface area (Å²) in [6.07, 6.45) is 4.26.